The Morgan fingerprint density at radius 3 is 2.03 bits per heavy atom. The molecular weight excluding hydrogens is 400 g/mol. The van der Waals surface area contributed by atoms with E-state index in [1.165, 1.54) is 0 Å². The van der Waals surface area contributed by atoms with Crippen LogP contribution in [0.5, 0.6) is 0 Å². The number of rotatable bonds is 13. The number of allylic oxidation sites excluding steroid dienone is 1. The van der Waals surface area contributed by atoms with Crippen LogP contribution in [0.2, 0.25) is 0 Å². The number of hydrogen-bond donors (Lipinski definition) is 3. The molecule has 0 radical (unpaired) electrons. The van der Waals surface area contributed by atoms with Crippen molar-refractivity contribution < 1.29 is 48.7 Å². The van der Waals surface area contributed by atoms with Crippen LogP contribution in [0.4, 0.5) is 0 Å². The molecule has 0 saturated carbocycles. The Bertz CT molecular complexity index is 615. The second kappa shape index (κ2) is 13.1. The molecule has 0 aromatic rings. The molecule has 10 heteroatoms. The van der Waals surface area contributed by atoms with Crippen LogP contribution in [-0.2, 0) is 33.4 Å². The highest BCUT2D eigenvalue weighted by Gasteiger charge is 2.53. The molecule has 0 spiro atoms. The van der Waals surface area contributed by atoms with Crippen molar-refractivity contribution in [2.24, 2.45) is 0 Å². The highest BCUT2D eigenvalue weighted by atomic mass is 16.7. The standard InChI is InChI=1S/C20H30O10/c1-2-3-4-5-6-7-8-9-10-16(24)20(13-23)19(27)29-14(11-21)17(25)28-15(12-22)18(26)30-20/h2,14-15,21-23H,1,3-13H2. The van der Waals surface area contributed by atoms with E-state index >= 15 is 0 Å². The van der Waals surface area contributed by atoms with Crippen molar-refractivity contribution >= 4 is 23.7 Å². The highest BCUT2D eigenvalue weighted by Crippen LogP contribution is 2.23. The van der Waals surface area contributed by atoms with Crippen LogP contribution < -0.4 is 0 Å². The van der Waals surface area contributed by atoms with Crippen molar-refractivity contribution in [2.75, 3.05) is 19.8 Å². The molecule has 0 amide bonds. The molecule has 3 N–H and O–H groups in total. The second-order valence-electron chi connectivity index (χ2n) is 6.96. The Balaban J connectivity index is 2.84. The van der Waals surface area contributed by atoms with Crippen molar-refractivity contribution in [3.63, 3.8) is 0 Å². The second-order valence-corrected chi connectivity index (χ2v) is 6.96. The minimum atomic E-state index is -2.70. The normalized spacial score (nSPS) is 24.7. The van der Waals surface area contributed by atoms with Gasteiger partial charge in [0, 0.05) is 6.42 Å². The number of hydrogen-bond acceptors (Lipinski definition) is 10. The van der Waals surface area contributed by atoms with E-state index in [-0.39, 0.29) is 6.42 Å². The number of esters is 3. The maximum Gasteiger partial charge on any atom is 0.362 e. The number of ketones is 1. The van der Waals surface area contributed by atoms with Crippen LogP contribution in [0, 0.1) is 0 Å². The molecule has 0 aliphatic carbocycles. The molecule has 1 rings (SSSR count). The predicted octanol–water partition coefficient (Wildman–Crippen LogP) is -0.0416. The summed E-state index contributed by atoms with van der Waals surface area (Å²) in [5.74, 6) is -5.06. The number of cyclic esters (lactones) is 3. The van der Waals surface area contributed by atoms with Crippen molar-refractivity contribution in [3.8, 4) is 0 Å². The van der Waals surface area contributed by atoms with Crippen LogP contribution in [-0.4, -0.2) is 76.6 Å². The van der Waals surface area contributed by atoms with Gasteiger partial charge in [0.25, 0.3) is 5.60 Å². The van der Waals surface area contributed by atoms with Crippen molar-refractivity contribution in [1.29, 1.82) is 0 Å². The van der Waals surface area contributed by atoms with E-state index < -0.39 is 61.3 Å². The van der Waals surface area contributed by atoms with Gasteiger partial charge in [0.05, 0.1) is 13.2 Å². The lowest BCUT2D eigenvalue weighted by Crippen LogP contribution is -2.56. The molecule has 1 fully saturated rings. The number of unbranched alkanes of at least 4 members (excludes halogenated alkanes) is 6. The molecule has 0 bridgehead atoms. The molecule has 1 saturated heterocycles. The third-order valence-corrected chi connectivity index (χ3v) is 4.70. The van der Waals surface area contributed by atoms with Gasteiger partial charge in [-0.3, -0.25) is 4.79 Å². The van der Waals surface area contributed by atoms with Crippen LogP contribution in [0.25, 0.3) is 0 Å². The van der Waals surface area contributed by atoms with E-state index in [2.05, 4.69) is 11.3 Å². The lowest BCUT2D eigenvalue weighted by Gasteiger charge is -2.28. The van der Waals surface area contributed by atoms with Gasteiger partial charge >= 0.3 is 17.9 Å². The zero-order valence-corrected chi connectivity index (χ0v) is 16.9. The van der Waals surface area contributed by atoms with Gasteiger partial charge < -0.3 is 29.5 Å². The summed E-state index contributed by atoms with van der Waals surface area (Å²) in [7, 11) is 0. The Labute approximate surface area is 174 Å². The van der Waals surface area contributed by atoms with E-state index in [9.17, 15) is 34.5 Å². The fourth-order valence-electron chi connectivity index (χ4n) is 2.88. The van der Waals surface area contributed by atoms with E-state index in [1.54, 1.807) is 0 Å². The molecule has 0 aromatic heterocycles. The summed E-state index contributed by atoms with van der Waals surface area (Å²) in [6.45, 7) is 0.460. The summed E-state index contributed by atoms with van der Waals surface area (Å²) in [6.07, 6.45) is 3.91. The van der Waals surface area contributed by atoms with Gasteiger partial charge in [0.2, 0.25) is 12.2 Å². The molecule has 170 valence electrons. The first kappa shape index (κ1) is 25.7. The zero-order valence-electron chi connectivity index (χ0n) is 16.9. The number of Topliss-reactive ketones (excluding diaryl/α,β-unsaturated/α-hetero) is 1. The number of aliphatic hydroxyl groups excluding tert-OH is 3. The first-order chi connectivity index (χ1) is 14.4. The lowest BCUT2D eigenvalue weighted by molar-refractivity contribution is -0.194. The summed E-state index contributed by atoms with van der Waals surface area (Å²) in [5.41, 5.74) is -2.70. The maximum atomic E-state index is 12.7. The van der Waals surface area contributed by atoms with E-state index in [0.717, 1.165) is 32.1 Å². The molecule has 1 aliphatic rings. The van der Waals surface area contributed by atoms with Crippen LogP contribution in [0.1, 0.15) is 51.4 Å². The average molecular weight is 430 g/mol. The van der Waals surface area contributed by atoms with Crippen molar-refractivity contribution in [2.45, 2.75) is 69.2 Å². The highest BCUT2D eigenvalue weighted by molar-refractivity contribution is 6.09. The van der Waals surface area contributed by atoms with Crippen LogP contribution in [0.3, 0.4) is 0 Å². The molecule has 1 aliphatic heterocycles. The summed E-state index contributed by atoms with van der Waals surface area (Å²) in [5, 5.41) is 28.3. The Morgan fingerprint density at radius 1 is 0.900 bits per heavy atom. The minimum absolute atomic E-state index is 0.183. The molecular formula is C20H30O10. The zero-order chi connectivity index (χ0) is 22.6. The molecule has 0 aromatic carbocycles. The Hall–Kier alpha value is -2.30. The fraction of sp³-hybridized carbons (Fsp3) is 0.700. The predicted molar refractivity (Wildman–Crippen MR) is 102 cm³/mol. The first-order valence-electron chi connectivity index (χ1n) is 9.97. The van der Waals surface area contributed by atoms with Gasteiger partial charge in [-0.1, -0.05) is 31.8 Å². The van der Waals surface area contributed by atoms with E-state index in [1.807, 2.05) is 6.08 Å². The summed E-state index contributed by atoms with van der Waals surface area (Å²) in [6, 6.07) is 0. The smallest absolute Gasteiger partial charge is 0.362 e. The van der Waals surface area contributed by atoms with Crippen LogP contribution in [0.15, 0.2) is 12.7 Å². The number of carbonyl (C=O) groups is 4. The summed E-state index contributed by atoms with van der Waals surface area (Å²) < 4.78 is 14.3. The van der Waals surface area contributed by atoms with Crippen molar-refractivity contribution in [1.82, 2.24) is 0 Å². The van der Waals surface area contributed by atoms with Crippen LogP contribution >= 0.6 is 0 Å². The number of aliphatic hydroxyl groups is 3. The van der Waals surface area contributed by atoms with Gasteiger partial charge in [-0.15, -0.1) is 6.58 Å². The summed E-state index contributed by atoms with van der Waals surface area (Å²) >= 11 is 0. The monoisotopic (exact) mass is 430 g/mol. The van der Waals surface area contributed by atoms with Gasteiger partial charge in [-0.05, 0) is 19.3 Å². The third kappa shape index (κ3) is 6.89. The average Bonchev–Trinajstić information content (AvgIpc) is 2.78. The maximum absolute atomic E-state index is 12.7. The van der Waals surface area contributed by atoms with E-state index in [0.29, 0.717) is 12.8 Å². The Morgan fingerprint density at radius 2 is 1.47 bits per heavy atom. The number of carbonyl (C=O) groups excluding carboxylic acids is 4. The summed E-state index contributed by atoms with van der Waals surface area (Å²) in [4.78, 5) is 49.4. The fourth-order valence-corrected chi connectivity index (χ4v) is 2.88. The molecule has 10 nitrogen and oxygen atoms in total. The molecule has 1 heterocycles. The minimum Gasteiger partial charge on any atom is -0.445 e. The van der Waals surface area contributed by atoms with Crippen molar-refractivity contribution in [3.05, 3.63) is 12.7 Å². The molecule has 3 unspecified atom stereocenters. The first-order valence-corrected chi connectivity index (χ1v) is 9.97. The molecule has 3 atom stereocenters. The number of ether oxygens (including phenoxy) is 3. The van der Waals surface area contributed by atoms with Gasteiger partial charge in [-0.25, -0.2) is 14.4 Å². The Kier molecular flexibility index (Phi) is 11.2. The quantitative estimate of drug-likeness (QED) is 0.119. The van der Waals surface area contributed by atoms with Gasteiger partial charge in [0.1, 0.15) is 6.61 Å². The molecule has 30 heavy (non-hydrogen) atoms. The largest absolute Gasteiger partial charge is 0.445 e. The van der Waals surface area contributed by atoms with Gasteiger partial charge in [0.15, 0.2) is 5.78 Å². The third-order valence-electron chi connectivity index (χ3n) is 4.70. The lowest BCUT2D eigenvalue weighted by atomic mass is 9.94. The van der Waals surface area contributed by atoms with E-state index in [4.69, 9.17) is 9.47 Å². The SMILES string of the molecule is C=CCCCCCCCCC(=O)C1(CO)OC(=O)C(CO)OC(=O)C(CO)OC1=O. The topological polar surface area (TPSA) is 157 Å². The van der Waals surface area contributed by atoms with Gasteiger partial charge in [-0.2, -0.15) is 0 Å².